The summed E-state index contributed by atoms with van der Waals surface area (Å²) in [5, 5.41) is 5.43. The predicted molar refractivity (Wildman–Crippen MR) is 102 cm³/mol. The highest BCUT2D eigenvalue weighted by atomic mass is 16.2. The van der Waals surface area contributed by atoms with E-state index in [9.17, 15) is 9.59 Å². The number of nitrogens with zero attached hydrogens (tertiary/aromatic N) is 4. The van der Waals surface area contributed by atoms with Crippen LogP contribution in [0, 0.1) is 0 Å². The van der Waals surface area contributed by atoms with Crippen molar-refractivity contribution in [3.8, 4) is 0 Å². The number of fused-ring (bicyclic) bond motifs is 1. The van der Waals surface area contributed by atoms with Crippen molar-refractivity contribution in [3.63, 3.8) is 0 Å². The molecule has 4 rings (SSSR count). The zero-order valence-corrected chi connectivity index (χ0v) is 15.9. The molecule has 2 N–H and O–H groups in total. The van der Waals surface area contributed by atoms with Gasteiger partial charge < -0.3 is 10.6 Å². The molecule has 0 radical (unpaired) electrons. The third-order valence-electron chi connectivity index (χ3n) is 5.77. The smallest absolute Gasteiger partial charge is 0.254 e. The molecule has 0 aromatic carbocycles. The first-order chi connectivity index (χ1) is 13.0. The molecular weight excluding hydrogens is 342 g/mol. The molecule has 0 unspecified atom stereocenters. The number of rotatable bonds is 6. The molecule has 2 amide bonds. The van der Waals surface area contributed by atoms with E-state index < -0.39 is 5.91 Å². The molecule has 27 heavy (non-hydrogen) atoms. The Labute approximate surface area is 158 Å². The molecule has 2 aromatic rings. The molecule has 0 aliphatic heterocycles. The lowest BCUT2D eigenvalue weighted by molar-refractivity contribution is -0.118. The number of amides is 2. The molecule has 2 fully saturated rings. The minimum absolute atomic E-state index is 0.103. The van der Waals surface area contributed by atoms with Crippen LogP contribution < -0.4 is 5.73 Å². The van der Waals surface area contributed by atoms with Gasteiger partial charge in [0.25, 0.3) is 5.91 Å². The normalized spacial score (nSPS) is 18.0. The van der Waals surface area contributed by atoms with E-state index in [1.54, 1.807) is 18.1 Å². The van der Waals surface area contributed by atoms with E-state index in [0.717, 1.165) is 42.4 Å². The Hall–Kier alpha value is -2.44. The van der Waals surface area contributed by atoms with Crippen LogP contribution in [0.4, 0.5) is 0 Å². The topological polar surface area (TPSA) is 94.1 Å². The Kier molecular flexibility index (Phi) is 4.85. The molecule has 2 aliphatic rings. The van der Waals surface area contributed by atoms with Crippen LogP contribution in [-0.4, -0.2) is 45.1 Å². The van der Waals surface area contributed by atoms with E-state index in [-0.39, 0.29) is 12.3 Å². The molecule has 2 aromatic heterocycles. The molecule has 2 saturated carbocycles. The number of primary amides is 1. The minimum atomic E-state index is -0.404. The quantitative estimate of drug-likeness (QED) is 0.847. The van der Waals surface area contributed by atoms with Gasteiger partial charge in [0, 0.05) is 31.6 Å². The van der Waals surface area contributed by atoms with Gasteiger partial charge in [0.1, 0.15) is 0 Å². The van der Waals surface area contributed by atoms with Gasteiger partial charge in [-0.25, -0.2) is 9.67 Å². The Morgan fingerprint density at radius 1 is 1.22 bits per heavy atom. The van der Waals surface area contributed by atoms with Gasteiger partial charge in [0.2, 0.25) is 5.91 Å². The van der Waals surface area contributed by atoms with Crippen molar-refractivity contribution in [2.75, 3.05) is 13.6 Å². The van der Waals surface area contributed by atoms with Gasteiger partial charge >= 0.3 is 0 Å². The van der Waals surface area contributed by atoms with Crippen molar-refractivity contribution in [2.24, 2.45) is 5.73 Å². The van der Waals surface area contributed by atoms with Crippen molar-refractivity contribution in [1.29, 1.82) is 0 Å². The van der Waals surface area contributed by atoms with Crippen LogP contribution >= 0.6 is 0 Å². The molecule has 0 atom stereocenters. The summed E-state index contributed by atoms with van der Waals surface area (Å²) in [4.78, 5) is 30.6. The number of hydrogen-bond acceptors (Lipinski definition) is 4. The number of carbonyl (C=O) groups is 2. The van der Waals surface area contributed by atoms with Crippen LogP contribution in [0.5, 0.6) is 0 Å². The second-order valence-electron chi connectivity index (χ2n) is 7.93. The standard InChI is InChI=1S/C20H27N5O2/c1-24(10-9-18(21)26)20(27)15-11-17(13-7-8-13)23-19-16(15)12-22-25(19)14-5-3-2-4-6-14/h11-14H,2-10H2,1H3,(H2,21,26). The lowest BCUT2D eigenvalue weighted by Gasteiger charge is -2.22. The molecule has 7 heteroatoms. The number of nitrogens with two attached hydrogens (primary N) is 1. The Morgan fingerprint density at radius 3 is 2.63 bits per heavy atom. The summed E-state index contributed by atoms with van der Waals surface area (Å²) in [6.45, 7) is 0.313. The van der Waals surface area contributed by atoms with Crippen molar-refractivity contribution in [1.82, 2.24) is 19.7 Å². The van der Waals surface area contributed by atoms with Crippen molar-refractivity contribution in [2.45, 2.75) is 63.3 Å². The van der Waals surface area contributed by atoms with Crippen molar-refractivity contribution in [3.05, 3.63) is 23.5 Å². The molecule has 0 saturated heterocycles. The molecule has 2 heterocycles. The fourth-order valence-electron chi connectivity index (χ4n) is 3.98. The first kappa shape index (κ1) is 17.9. The molecule has 2 aliphatic carbocycles. The third-order valence-corrected chi connectivity index (χ3v) is 5.77. The highest BCUT2D eigenvalue weighted by Gasteiger charge is 2.29. The SMILES string of the molecule is CN(CCC(N)=O)C(=O)c1cc(C2CC2)nc2c1cnn2C1CCCCC1. The maximum Gasteiger partial charge on any atom is 0.254 e. The number of aromatic nitrogens is 3. The van der Waals surface area contributed by atoms with Gasteiger partial charge in [-0.15, -0.1) is 0 Å². The number of pyridine rings is 1. The summed E-state index contributed by atoms with van der Waals surface area (Å²) in [5.41, 5.74) is 7.69. The van der Waals surface area contributed by atoms with Gasteiger partial charge in [0.05, 0.1) is 23.2 Å². The average molecular weight is 369 g/mol. The first-order valence-electron chi connectivity index (χ1n) is 9.96. The summed E-state index contributed by atoms with van der Waals surface area (Å²) >= 11 is 0. The summed E-state index contributed by atoms with van der Waals surface area (Å²) in [6, 6.07) is 2.30. The van der Waals surface area contributed by atoms with E-state index in [4.69, 9.17) is 10.7 Å². The molecule has 144 valence electrons. The Balaban J connectivity index is 1.72. The fourth-order valence-corrected chi connectivity index (χ4v) is 3.98. The van der Waals surface area contributed by atoms with Gasteiger partial charge in [-0.3, -0.25) is 9.59 Å². The lowest BCUT2D eigenvalue weighted by atomic mass is 9.95. The van der Waals surface area contributed by atoms with Crippen LogP contribution in [0.3, 0.4) is 0 Å². The van der Waals surface area contributed by atoms with Crippen LogP contribution in [0.25, 0.3) is 11.0 Å². The molecule has 0 bridgehead atoms. The first-order valence-corrected chi connectivity index (χ1v) is 9.96. The zero-order valence-electron chi connectivity index (χ0n) is 15.9. The van der Waals surface area contributed by atoms with Gasteiger partial charge in [-0.2, -0.15) is 5.10 Å². The molecule has 0 spiro atoms. The summed E-state index contributed by atoms with van der Waals surface area (Å²) in [7, 11) is 1.71. The second kappa shape index (κ2) is 7.29. The molecular formula is C20H27N5O2. The number of carbonyl (C=O) groups excluding carboxylic acids is 2. The maximum atomic E-state index is 13.1. The van der Waals surface area contributed by atoms with Crippen LogP contribution in [-0.2, 0) is 4.79 Å². The fraction of sp³-hybridized carbons (Fsp3) is 0.600. The van der Waals surface area contributed by atoms with E-state index >= 15 is 0 Å². The zero-order chi connectivity index (χ0) is 19.0. The van der Waals surface area contributed by atoms with Crippen LogP contribution in [0.1, 0.15) is 79.4 Å². The monoisotopic (exact) mass is 369 g/mol. The number of hydrogen-bond donors (Lipinski definition) is 1. The lowest BCUT2D eigenvalue weighted by Crippen LogP contribution is -2.30. The van der Waals surface area contributed by atoms with Gasteiger partial charge in [0.15, 0.2) is 5.65 Å². The van der Waals surface area contributed by atoms with Crippen LogP contribution in [0.15, 0.2) is 12.3 Å². The van der Waals surface area contributed by atoms with Gasteiger partial charge in [-0.05, 0) is 31.7 Å². The third kappa shape index (κ3) is 3.68. The van der Waals surface area contributed by atoms with Crippen molar-refractivity contribution < 1.29 is 9.59 Å². The second-order valence-corrected chi connectivity index (χ2v) is 7.93. The van der Waals surface area contributed by atoms with Crippen LogP contribution in [0.2, 0.25) is 0 Å². The largest absolute Gasteiger partial charge is 0.370 e. The highest BCUT2D eigenvalue weighted by Crippen LogP contribution is 2.41. The summed E-state index contributed by atoms with van der Waals surface area (Å²) in [6.07, 6.45) is 10.1. The summed E-state index contributed by atoms with van der Waals surface area (Å²) < 4.78 is 2.04. The minimum Gasteiger partial charge on any atom is -0.370 e. The van der Waals surface area contributed by atoms with E-state index in [0.29, 0.717) is 24.1 Å². The average Bonchev–Trinajstić information content (AvgIpc) is 3.44. The summed E-state index contributed by atoms with van der Waals surface area (Å²) in [5.74, 6) is -0.0568. The van der Waals surface area contributed by atoms with Crippen molar-refractivity contribution >= 4 is 22.8 Å². The molecule has 7 nitrogen and oxygen atoms in total. The Morgan fingerprint density at radius 2 is 1.96 bits per heavy atom. The maximum absolute atomic E-state index is 13.1. The van der Waals surface area contributed by atoms with Gasteiger partial charge in [-0.1, -0.05) is 19.3 Å². The Bertz CT molecular complexity index is 865. The van der Waals surface area contributed by atoms with E-state index in [1.807, 2.05) is 10.7 Å². The predicted octanol–water partition coefficient (Wildman–Crippen LogP) is 2.76. The van der Waals surface area contributed by atoms with E-state index in [1.165, 1.54) is 19.3 Å². The highest BCUT2D eigenvalue weighted by molar-refractivity contribution is 6.05. The van der Waals surface area contributed by atoms with E-state index in [2.05, 4.69) is 5.10 Å².